The predicted octanol–water partition coefficient (Wildman–Crippen LogP) is 0.518. The van der Waals surface area contributed by atoms with E-state index in [1.54, 1.807) is 11.9 Å². The summed E-state index contributed by atoms with van der Waals surface area (Å²) in [6.45, 7) is 0. The Kier molecular flexibility index (Phi) is 3.62. The van der Waals surface area contributed by atoms with Crippen LogP contribution < -0.4 is 16.2 Å². The molecule has 0 spiro atoms. The summed E-state index contributed by atoms with van der Waals surface area (Å²) in [6.07, 6.45) is 2.47. The van der Waals surface area contributed by atoms with Crippen molar-refractivity contribution in [3.63, 3.8) is 0 Å². The third-order valence-corrected chi connectivity index (χ3v) is 3.25. The van der Waals surface area contributed by atoms with E-state index in [2.05, 4.69) is 11.5 Å². The van der Waals surface area contributed by atoms with Crippen LogP contribution in [0.15, 0.2) is 18.2 Å². The number of nitrogens with zero attached hydrogens (tertiary/aromatic N) is 1. The number of hydrogen-bond acceptors (Lipinski definition) is 3. The normalized spacial score (nSPS) is 13.7. The number of fused-ring (bicyclic) bond motifs is 1. The molecule has 1 aliphatic heterocycles. The van der Waals surface area contributed by atoms with Crippen molar-refractivity contribution in [3.05, 3.63) is 29.3 Å². The van der Waals surface area contributed by atoms with Crippen LogP contribution in [-0.2, 0) is 22.4 Å². The van der Waals surface area contributed by atoms with Crippen molar-refractivity contribution in [1.29, 1.82) is 0 Å². The zero-order chi connectivity index (χ0) is 13.1. The molecule has 1 aliphatic rings. The Bertz CT molecular complexity index is 485. The maximum atomic E-state index is 11.5. The molecule has 1 aromatic rings. The molecule has 0 saturated carbocycles. The molecule has 0 atom stereocenters. The SMILES string of the molecule is CN1C(=O)Cc2cc(CCCC(=O)NN)ccc21. The van der Waals surface area contributed by atoms with Gasteiger partial charge in [0.1, 0.15) is 0 Å². The van der Waals surface area contributed by atoms with E-state index < -0.39 is 0 Å². The number of rotatable bonds is 4. The third kappa shape index (κ3) is 2.51. The fraction of sp³-hybridized carbons (Fsp3) is 0.385. The van der Waals surface area contributed by atoms with Crippen molar-refractivity contribution < 1.29 is 9.59 Å². The molecule has 0 aromatic heterocycles. The minimum absolute atomic E-state index is 0.129. The number of nitrogens with two attached hydrogens (primary N) is 1. The molecule has 1 aromatic carbocycles. The second-order valence-corrected chi connectivity index (χ2v) is 4.51. The van der Waals surface area contributed by atoms with Gasteiger partial charge in [0.05, 0.1) is 6.42 Å². The number of anilines is 1. The van der Waals surface area contributed by atoms with Gasteiger partial charge < -0.3 is 4.90 Å². The first-order valence-electron chi connectivity index (χ1n) is 5.99. The van der Waals surface area contributed by atoms with E-state index in [9.17, 15) is 9.59 Å². The largest absolute Gasteiger partial charge is 0.315 e. The average Bonchev–Trinajstić information content (AvgIpc) is 2.64. The Labute approximate surface area is 106 Å². The molecule has 0 saturated heterocycles. The molecule has 0 unspecified atom stereocenters. The lowest BCUT2D eigenvalue weighted by Gasteiger charge is -2.10. The first-order valence-corrected chi connectivity index (χ1v) is 5.99. The van der Waals surface area contributed by atoms with Crippen LogP contribution in [0.1, 0.15) is 24.0 Å². The molecule has 3 N–H and O–H groups in total. The van der Waals surface area contributed by atoms with Gasteiger partial charge in [0.15, 0.2) is 0 Å². The minimum atomic E-state index is -0.147. The van der Waals surface area contributed by atoms with Gasteiger partial charge >= 0.3 is 0 Å². The Morgan fingerprint density at radius 1 is 1.50 bits per heavy atom. The van der Waals surface area contributed by atoms with Gasteiger partial charge in [-0.25, -0.2) is 5.84 Å². The van der Waals surface area contributed by atoms with E-state index in [-0.39, 0.29) is 11.8 Å². The molecule has 0 radical (unpaired) electrons. The highest BCUT2D eigenvalue weighted by Crippen LogP contribution is 2.28. The average molecular weight is 247 g/mol. The Balaban J connectivity index is 1.98. The maximum absolute atomic E-state index is 11.5. The number of aryl methyl sites for hydroxylation is 1. The van der Waals surface area contributed by atoms with Gasteiger partial charge in [0, 0.05) is 19.2 Å². The number of amides is 2. The number of likely N-dealkylation sites (N-methyl/N-ethyl adjacent to an activating group) is 1. The van der Waals surface area contributed by atoms with E-state index in [0.717, 1.165) is 29.7 Å². The molecule has 18 heavy (non-hydrogen) atoms. The molecule has 0 bridgehead atoms. The first-order chi connectivity index (χ1) is 8.61. The van der Waals surface area contributed by atoms with Crippen molar-refractivity contribution >= 4 is 17.5 Å². The second kappa shape index (κ2) is 5.18. The summed E-state index contributed by atoms with van der Waals surface area (Å²) in [5.41, 5.74) is 5.33. The van der Waals surface area contributed by atoms with Crippen molar-refractivity contribution in [2.24, 2.45) is 5.84 Å². The van der Waals surface area contributed by atoms with Crippen LogP contribution in [0, 0.1) is 0 Å². The molecule has 2 amide bonds. The topological polar surface area (TPSA) is 75.4 Å². The van der Waals surface area contributed by atoms with Gasteiger partial charge in [-0.3, -0.25) is 15.0 Å². The fourth-order valence-corrected chi connectivity index (χ4v) is 2.20. The van der Waals surface area contributed by atoms with Crippen LogP contribution in [0.4, 0.5) is 5.69 Å². The minimum Gasteiger partial charge on any atom is -0.315 e. The van der Waals surface area contributed by atoms with Gasteiger partial charge in [0.2, 0.25) is 11.8 Å². The summed E-state index contributed by atoms with van der Waals surface area (Å²) in [7, 11) is 1.79. The number of carbonyl (C=O) groups excluding carboxylic acids is 2. The van der Waals surface area contributed by atoms with Crippen LogP contribution in [0.25, 0.3) is 0 Å². The lowest BCUT2D eigenvalue weighted by molar-refractivity contribution is -0.121. The summed E-state index contributed by atoms with van der Waals surface area (Å²) in [6, 6.07) is 6.03. The van der Waals surface area contributed by atoms with Crippen molar-refractivity contribution in [1.82, 2.24) is 5.43 Å². The second-order valence-electron chi connectivity index (χ2n) is 4.51. The van der Waals surface area contributed by atoms with Crippen LogP contribution in [0.3, 0.4) is 0 Å². The van der Waals surface area contributed by atoms with Crippen LogP contribution in [0.2, 0.25) is 0 Å². The highest BCUT2D eigenvalue weighted by molar-refractivity contribution is 6.00. The van der Waals surface area contributed by atoms with E-state index in [1.807, 2.05) is 12.1 Å². The molecule has 5 heteroatoms. The van der Waals surface area contributed by atoms with Crippen LogP contribution in [0.5, 0.6) is 0 Å². The van der Waals surface area contributed by atoms with E-state index in [1.165, 1.54) is 0 Å². The number of benzene rings is 1. The number of hydrogen-bond donors (Lipinski definition) is 2. The van der Waals surface area contributed by atoms with E-state index >= 15 is 0 Å². The lowest BCUT2D eigenvalue weighted by atomic mass is 10.0. The molecule has 1 heterocycles. The molecular weight excluding hydrogens is 230 g/mol. The Morgan fingerprint density at radius 2 is 2.28 bits per heavy atom. The quantitative estimate of drug-likeness (QED) is 0.462. The van der Waals surface area contributed by atoms with E-state index in [0.29, 0.717) is 12.8 Å². The van der Waals surface area contributed by atoms with Gasteiger partial charge in [0.25, 0.3) is 0 Å². The predicted molar refractivity (Wildman–Crippen MR) is 68.8 cm³/mol. The van der Waals surface area contributed by atoms with Crippen molar-refractivity contribution in [3.8, 4) is 0 Å². The molecule has 0 fully saturated rings. The van der Waals surface area contributed by atoms with Gasteiger partial charge in [-0.15, -0.1) is 0 Å². The fourth-order valence-electron chi connectivity index (χ4n) is 2.20. The van der Waals surface area contributed by atoms with Crippen LogP contribution >= 0.6 is 0 Å². The third-order valence-electron chi connectivity index (χ3n) is 3.25. The highest BCUT2D eigenvalue weighted by atomic mass is 16.2. The lowest BCUT2D eigenvalue weighted by Crippen LogP contribution is -2.29. The molecular formula is C13H17N3O2. The zero-order valence-electron chi connectivity index (χ0n) is 10.4. The van der Waals surface area contributed by atoms with E-state index in [4.69, 9.17) is 5.84 Å². The summed E-state index contributed by atoms with van der Waals surface area (Å²) in [5.74, 6) is 5.00. The van der Waals surface area contributed by atoms with Gasteiger partial charge in [-0.05, 0) is 30.0 Å². The van der Waals surface area contributed by atoms with Crippen molar-refractivity contribution in [2.45, 2.75) is 25.7 Å². The molecule has 96 valence electrons. The zero-order valence-corrected chi connectivity index (χ0v) is 10.4. The molecule has 0 aliphatic carbocycles. The summed E-state index contributed by atoms with van der Waals surface area (Å²) in [4.78, 5) is 24.2. The smallest absolute Gasteiger partial charge is 0.233 e. The number of hydrazine groups is 1. The maximum Gasteiger partial charge on any atom is 0.233 e. The summed E-state index contributed by atoms with van der Waals surface area (Å²) < 4.78 is 0. The molecule has 5 nitrogen and oxygen atoms in total. The molecule has 2 rings (SSSR count). The Hall–Kier alpha value is -1.88. The van der Waals surface area contributed by atoms with Gasteiger partial charge in [-0.1, -0.05) is 12.1 Å². The summed E-state index contributed by atoms with van der Waals surface area (Å²) in [5, 5.41) is 0. The standard InChI is InChI=1S/C13H17N3O2/c1-16-11-6-5-9(3-2-4-12(17)15-14)7-10(11)8-13(16)18/h5-7H,2-4,8,14H2,1H3,(H,15,17). The number of carbonyl (C=O) groups is 2. The summed E-state index contributed by atoms with van der Waals surface area (Å²) >= 11 is 0. The monoisotopic (exact) mass is 247 g/mol. The first kappa shape index (κ1) is 12.6. The van der Waals surface area contributed by atoms with Crippen molar-refractivity contribution in [2.75, 3.05) is 11.9 Å². The highest BCUT2D eigenvalue weighted by Gasteiger charge is 2.23. The Morgan fingerprint density at radius 3 is 3.00 bits per heavy atom. The van der Waals surface area contributed by atoms with Crippen LogP contribution in [-0.4, -0.2) is 18.9 Å². The number of nitrogens with one attached hydrogen (secondary N) is 1. The van der Waals surface area contributed by atoms with Gasteiger partial charge in [-0.2, -0.15) is 0 Å².